The zero-order valence-electron chi connectivity index (χ0n) is 10.2. The predicted octanol–water partition coefficient (Wildman–Crippen LogP) is 1.60. The fourth-order valence-electron chi connectivity index (χ4n) is 1.70. The standard InChI is InChI=1S/C12H20N2O3/c1-3-5-10(11(15)16)13-12(17)14(8-4-2)9-6-7-9/h3,9-10H,1,4-8H2,2H3,(H,13,17)(H,15,16). The summed E-state index contributed by atoms with van der Waals surface area (Å²) in [6, 6.07) is -0.852. The van der Waals surface area contributed by atoms with Crippen LogP contribution in [0.5, 0.6) is 0 Å². The Labute approximate surface area is 101 Å². The average molecular weight is 240 g/mol. The summed E-state index contributed by atoms with van der Waals surface area (Å²) in [7, 11) is 0. The fraction of sp³-hybridized carbons (Fsp3) is 0.667. The number of urea groups is 1. The number of carbonyl (C=O) groups is 2. The van der Waals surface area contributed by atoms with Gasteiger partial charge in [0, 0.05) is 12.6 Å². The van der Waals surface area contributed by atoms with Crippen LogP contribution in [0.25, 0.3) is 0 Å². The zero-order chi connectivity index (χ0) is 12.8. The molecule has 1 fully saturated rings. The van der Waals surface area contributed by atoms with Gasteiger partial charge < -0.3 is 15.3 Å². The van der Waals surface area contributed by atoms with Crippen LogP contribution >= 0.6 is 0 Å². The number of hydrogen-bond acceptors (Lipinski definition) is 2. The van der Waals surface area contributed by atoms with E-state index in [2.05, 4.69) is 11.9 Å². The molecule has 2 amide bonds. The maximum Gasteiger partial charge on any atom is 0.326 e. The van der Waals surface area contributed by atoms with Crippen LogP contribution in [-0.4, -0.2) is 40.6 Å². The van der Waals surface area contributed by atoms with E-state index < -0.39 is 12.0 Å². The second-order valence-corrected chi connectivity index (χ2v) is 4.29. The van der Waals surface area contributed by atoms with Gasteiger partial charge in [-0.05, 0) is 25.7 Å². The van der Waals surface area contributed by atoms with E-state index in [1.165, 1.54) is 6.08 Å². The quantitative estimate of drug-likeness (QED) is 0.664. The van der Waals surface area contributed by atoms with Crippen molar-refractivity contribution in [3.63, 3.8) is 0 Å². The molecule has 1 atom stereocenters. The maximum atomic E-state index is 11.9. The summed E-state index contributed by atoms with van der Waals surface area (Å²) in [6.07, 6.45) is 4.66. The van der Waals surface area contributed by atoms with Crippen LogP contribution in [-0.2, 0) is 4.79 Å². The molecular formula is C12H20N2O3. The summed E-state index contributed by atoms with van der Waals surface area (Å²) >= 11 is 0. The third-order valence-electron chi connectivity index (χ3n) is 2.71. The second-order valence-electron chi connectivity index (χ2n) is 4.29. The number of nitrogens with one attached hydrogen (secondary N) is 1. The highest BCUT2D eigenvalue weighted by atomic mass is 16.4. The van der Waals surface area contributed by atoms with Gasteiger partial charge in [0.25, 0.3) is 0 Å². The molecule has 96 valence electrons. The van der Waals surface area contributed by atoms with E-state index in [-0.39, 0.29) is 12.5 Å². The molecule has 1 aliphatic carbocycles. The van der Waals surface area contributed by atoms with Gasteiger partial charge in [-0.25, -0.2) is 9.59 Å². The molecule has 0 aliphatic heterocycles. The van der Waals surface area contributed by atoms with Crippen molar-refractivity contribution in [2.45, 2.75) is 44.7 Å². The third kappa shape index (κ3) is 4.09. The van der Waals surface area contributed by atoms with E-state index in [1.807, 2.05) is 6.92 Å². The van der Waals surface area contributed by atoms with Gasteiger partial charge in [0.2, 0.25) is 0 Å². The molecule has 2 N–H and O–H groups in total. The summed E-state index contributed by atoms with van der Waals surface area (Å²) in [5.41, 5.74) is 0. The molecule has 0 spiro atoms. The monoisotopic (exact) mass is 240 g/mol. The molecule has 0 aromatic rings. The van der Waals surface area contributed by atoms with Gasteiger partial charge in [-0.15, -0.1) is 6.58 Å². The van der Waals surface area contributed by atoms with Crippen LogP contribution in [0.1, 0.15) is 32.6 Å². The van der Waals surface area contributed by atoms with Crippen molar-refractivity contribution in [2.75, 3.05) is 6.54 Å². The Hall–Kier alpha value is -1.52. The van der Waals surface area contributed by atoms with E-state index >= 15 is 0 Å². The molecule has 5 nitrogen and oxygen atoms in total. The number of nitrogens with zero attached hydrogens (tertiary/aromatic N) is 1. The van der Waals surface area contributed by atoms with Gasteiger partial charge in [0.1, 0.15) is 6.04 Å². The molecule has 17 heavy (non-hydrogen) atoms. The fourth-order valence-corrected chi connectivity index (χ4v) is 1.70. The molecule has 0 heterocycles. The molecule has 0 saturated heterocycles. The number of carboxylic acid groups (broad SMARTS) is 1. The van der Waals surface area contributed by atoms with Crippen molar-refractivity contribution in [1.29, 1.82) is 0 Å². The van der Waals surface area contributed by atoms with Crippen molar-refractivity contribution in [1.82, 2.24) is 10.2 Å². The lowest BCUT2D eigenvalue weighted by molar-refractivity contribution is -0.139. The van der Waals surface area contributed by atoms with Crippen LogP contribution < -0.4 is 5.32 Å². The number of rotatable bonds is 7. The summed E-state index contributed by atoms with van der Waals surface area (Å²) in [5.74, 6) is -1.02. The molecule has 1 rings (SSSR count). The van der Waals surface area contributed by atoms with Gasteiger partial charge in [0.15, 0.2) is 0 Å². The number of aliphatic carboxylic acids is 1. The first-order valence-corrected chi connectivity index (χ1v) is 6.01. The van der Waals surface area contributed by atoms with Crippen LogP contribution in [0.2, 0.25) is 0 Å². The minimum Gasteiger partial charge on any atom is -0.480 e. The Balaban J connectivity index is 2.54. The molecule has 0 bridgehead atoms. The van der Waals surface area contributed by atoms with Crippen molar-refractivity contribution >= 4 is 12.0 Å². The molecule has 0 aromatic carbocycles. The average Bonchev–Trinajstić information content (AvgIpc) is 3.08. The predicted molar refractivity (Wildman–Crippen MR) is 64.8 cm³/mol. The lowest BCUT2D eigenvalue weighted by atomic mass is 10.2. The van der Waals surface area contributed by atoms with Crippen LogP contribution in [0.4, 0.5) is 4.79 Å². The van der Waals surface area contributed by atoms with Crippen molar-refractivity contribution in [2.24, 2.45) is 0 Å². The smallest absolute Gasteiger partial charge is 0.326 e. The summed E-state index contributed by atoms with van der Waals surface area (Å²) < 4.78 is 0. The minimum atomic E-state index is -1.02. The van der Waals surface area contributed by atoms with Gasteiger partial charge in [-0.2, -0.15) is 0 Å². The Morgan fingerprint density at radius 3 is 2.65 bits per heavy atom. The molecular weight excluding hydrogens is 220 g/mol. The molecule has 0 aromatic heterocycles. The number of amides is 2. The van der Waals surface area contributed by atoms with Gasteiger partial charge in [0.05, 0.1) is 0 Å². The lowest BCUT2D eigenvalue weighted by Gasteiger charge is -2.24. The lowest BCUT2D eigenvalue weighted by Crippen LogP contribution is -2.48. The first-order valence-electron chi connectivity index (χ1n) is 6.01. The number of carboxylic acids is 1. The minimum absolute atomic E-state index is 0.242. The third-order valence-corrected chi connectivity index (χ3v) is 2.71. The Bertz CT molecular complexity index is 300. The molecule has 0 radical (unpaired) electrons. The Morgan fingerprint density at radius 1 is 1.59 bits per heavy atom. The number of hydrogen-bond donors (Lipinski definition) is 2. The van der Waals surface area contributed by atoms with Gasteiger partial charge in [-0.3, -0.25) is 0 Å². The summed E-state index contributed by atoms with van der Waals surface area (Å²) in [4.78, 5) is 24.6. The SMILES string of the molecule is C=CCC(NC(=O)N(CCC)C1CC1)C(=O)O. The second kappa shape index (κ2) is 6.27. The van der Waals surface area contributed by atoms with E-state index in [1.54, 1.807) is 4.90 Å². The van der Waals surface area contributed by atoms with Crippen LogP contribution in [0.15, 0.2) is 12.7 Å². The van der Waals surface area contributed by atoms with Crippen molar-refractivity contribution in [3.8, 4) is 0 Å². The highest BCUT2D eigenvalue weighted by Gasteiger charge is 2.33. The first-order chi connectivity index (χ1) is 8.10. The topological polar surface area (TPSA) is 69.6 Å². The molecule has 1 unspecified atom stereocenters. The summed E-state index contributed by atoms with van der Waals surface area (Å²) in [5, 5.41) is 11.5. The number of carbonyl (C=O) groups excluding carboxylic acids is 1. The molecule has 5 heteroatoms. The first kappa shape index (κ1) is 13.5. The normalized spacial score (nSPS) is 16.1. The highest BCUT2D eigenvalue weighted by molar-refractivity contribution is 5.83. The van der Waals surface area contributed by atoms with Gasteiger partial charge >= 0.3 is 12.0 Å². The maximum absolute atomic E-state index is 11.9. The van der Waals surface area contributed by atoms with Crippen molar-refractivity contribution < 1.29 is 14.7 Å². The highest BCUT2D eigenvalue weighted by Crippen LogP contribution is 2.26. The van der Waals surface area contributed by atoms with Crippen LogP contribution in [0, 0.1) is 0 Å². The molecule has 1 saturated carbocycles. The van der Waals surface area contributed by atoms with Crippen molar-refractivity contribution in [3.05, 3.63) is 12.7 Å². The van der Waals surface area contributed by atoms with E-state index in [9.17, 15) is 9.59 Å². The zero-order valence-corrected chi connectivity index (χ0v) is 10.2. The summed E-state index contributed by atoms with van der Waals surface area (Å²) in [6.45, 7) is 6.17. The molecule has 1 aliphatic rings. The van der Waals surface area contributed by atoms with E-state index in [0.717, 1.165) is 19.3 Å². The Morgan fingerprint density at radius 2 is 2.24 bits per heavy atom. The van der Waals surface area contributed by atoms with E-state index in [0.29, 0.717) is 12.6 Å². The Kier molecular flexibility index (Phi) is 5.00. The van der Waals surface area contributed by atoms with Crippen LogP contribution in [0.3, 0.4) is 0 Å². The van der Waals surface area contributed by atoms with Gasteiger partial charge in [-0.1, -0.05) is 13.0 Å². The largest absolute Gasteiger partial charge is 0.480 e. The van der Waals surface area contributed by atoms with E-state index in [4.69, 9.17) is 5.11 Å².